The molecule has 2 nitrogen and oxygen atoms in total. The first-order chi connectivity index (χ1) is 10.1. The zero-order valence-corrected chi connectivity index (χ0v) is 13.3. The minimum atomic E-state index is 0.314. The molecule has 0 spiro atoms. The molecule has 0 heterocycles. The van der Waals surface area contributed by atoms with Gasteiger partial charge in [0.2, 0.25) is 0 Å². The number of fused-ring (bicyclic) bond motifs is 1. The molecule has 3 heteroatoms. The van der Waals surface area contributed by atoms with Crippen LogP contribution in [0.3, 0.4) is 0 Å². The zero-order valence-electron chi connectivity index (χ0n) is 11.7. The van der Waals surface area contributed by atoms with E-state index in [2.05, 4.69) is 46.4 Å². The standard InChI is InChI=1S/C18H16BrNO/c1-12-8-9-13(10-16(12)19)11-20-17-6-2-5-15-14(17)4-3-7-18(15)21/h2-10,20-21H,11H2,1H3. The van der Waals surface area contributed by atoms with Crippen LogP contribution in [-0.4, -0.2) is 5.11 Å². The lowest BCUT2D eigenvalue weighted by molar-refractivity contribution is 0.481. The van der Waals surface area contributed by atoms with Crippen molar-refractivity contribution in [3.63, 3.8) is 0 Å². The van der Waals surface area contributed by atoms with E-state index in [1.807, 2.05) is 30.3 Å². The van der Waals surface area contributed by atoms with Crippen LogP contribution in [0.25, 0.3) is 10.8 Å². The van der Waals surface area contributed by atoms with Gasteiger partial charge < -0.3 is 10.4 Å². The topological polar surface area (TPSA) is 32.3 Å². The second kappa shape index (κ2) is 5.78. The summed E-state index contributed by atoms with van der Waals surface area (Å²) in [5, 5.41) is 15.3. The summed E-state index contributed by atoms with van der Waals surface area (Å²) in [6.07, 6.45) is 0. The van der Waals surface area contributed by atoms with E-state index in [0.717, 1.165) is 27.5 Å². The minimum Gasteiger partial charge on any atom is -0.507 e. The third-order valence-electron chi connectivity index (χ3n) is 3.62. The maximum absolute atomic E-state index is 9.91. The van der Waals surface area contributed by atoms with Gasteiger partial charge >= 0.3 is 0 Å². The van der Waals surface area contributed by atoms with Crippen LogP contribution in [0.5, 0.6) is 5.75 Å². The Morgan fingerprint density at radius 1 is 1.00 bits per heavy atom. The van der Waals surface area contributed by atoms with E-state index in [-0.39, 0.29) is 0 Å². The van der Waals surface area contributed by atoms with E-state index < -0.39 is 0 Å². The summed E-state index contributed by atoms with van der Waals surface area (Å²) in [5.41, 5.74) is 3.47. The first-order valence-corrected chi connectivity index (χ1v) is 7.64. The molecule has 3 aromatic carbocycles. The Morgan fingerprint density at radius 2 is 1.76 bits per heavy atom. The molecule has 3 aromatic rings. The molecule has 3 rings (SSSR count). The van der Waals surface area contributed by atoms with Crippen LogP contribution < -0.4 is 5.32 Å². The second-order valence-corrected chi connectivity index (χ2v) is 5.97. The lowest BCUT2D eigenvalue weighted by atomic mass is 10.1. The first kappa shape index (κ1) is 14.0. The van der Waals surface area contributed by atoms with E-state index in [1.54, 1.807) is 6.07 Å². The van der Waals surface area contributed by atoms with Crippen LogP contribution >= 0.6 is 15.9 Å². The summed E-state index contributed by atoms with van der Waals surface area (Å²) < 4.78 is 1.12. The Bertz CT molecular complexity index is 798. The molecule has 0 aromatic heterocycles. The molecular formula is C18H16BrNO. The molecule has 0 saturated carbocycles. The summed E-state index contributed by atoms with van der Waals surface area (Å²) >= 11 is 3.56. The van der Waals surface area contributed by atoms with Crippen molar-refractivity contribution in [3.05, 3.63) is 70.2 Å². The normalized spacial score (nSPS) is 10.8. The SMILES string of the molecule is Cc1ccc(CNc2cccc3c(O)cccc23)cc1Br. The van der Waals surface area contributed by atoms with Gasteiger partial charge in [0.05, 0.1) is 0 Å². The van der Waals surface area contributed by atoms with Gasteiger partial charge in [0.15, 0.2) is 0 Å². The predicted molar refractivity (Wildman–Crippen MR) is 91.8 cm³/mol. The molecule has 2 N–H and O–H groups in total. The van der Waals surface area contributed by atoms with Crippen molar-refractivity contribution in [2.24, 2.45) is 0 Å². The molecule has 106 valence electrons. The smallest absolute Gasteiger partial charge is 0.123 e. The summed E-state index contributed by atoms with van der Waals surface area (Å²) in [7, 11) is 0. The van der Waals surface area contributed by atoms with Crippen molar-refractivity contribution in [1.29, 1.82) is 0 Å². The van der Waals surface area contributed by atoms with E-state index in [9.17, 15) is 5.11 Å². The quantitative estimate of drug-likeness (QED) is 0.683. The van der Waals surface area contributed by atoms with Gasteiger partial charge in [-0.15, -0.1) is 0 Å². The average Bonchev–Trinajstić information content (AvgIpc) is 2.49. The van der Waals surface area contributed by atoms with Crippen LogP contribution in [0, 0.1) is 6.92 Å². The fourth-order valence-corrected chi connectivity index (χ4v) is 2.82. The highest BCUT2D eigenvalue weighted by atomic mass is 79.9. The van der Waals surface area contributed by atoms with Crippen molar-refractivity contribution in [1.82, 2.24) is 0 Å². The number of rotatable bonds is 3. The Morgan fingerprint density at radius 3 is 2.57 bits per heavy atom. The molecule has 0 unspecified atom stereocenters. The Hall–Kier alpha value is -2.00. The van der Waals surface area contributed by atoms with Crippen LogP contribution in [0.1, 0.15) is 11.1 Å². The van der Waals surface area contributed by atoms with E-state index in [1.165, 1.54) is 11.1 Å². The Kier molecular flexibility index (Phi) is 3.84. The van der Waals surface area contributed by atoms with E-state index in [4.69, 9.17) is 0 Å². The van der Waals surface area contributed by atoms with Crippen molar-refractivity contribution >= 4 is 32.4 Å². The van der Waals surface area contributed by atoms with Crippen molar-refractivity contribution in [2.45, 2.75) is 13.5 Å². The van der Waals surface area contributed by atoms with Crippen LogP contribution in [0.2, 0.25) is 0 Å². The number of benzene rings is 3. The van der Waals surface area contributed by atoms with Gasteiger partial charge in [-0.1, -0.05) is 52.3 Å². The van der Waals surface area contributed by atoms with Gasteiger partial charge in [-0.25, -0.2) is 0 Å². The molecule has 0 bridgehead atoms. The maximum atomic E-state index is 9.91. The highest BCUT2D eigenvalue weighted by molar-refractivity contribution is 9.10. The molecule has 0 fully saturated rings. The van der Waals surface area contributed by atoms with E-state index >= 15 is 0 Å². The largest absolute Gasteiger partial charge is 0.507 e. The molecule has 0 atom stereocenters. The number of aromatic hydroxyl groups is 1. The van der Waals surface area contributed by atoms with Crippen LogP contribution in [-0.2, 0) is 6.54 Å². The lowest BCUT2D eigenvalue weighted by Gasteiger charge is -2.11. The molecule has 0 radical (unpaired) electrons. The summed E-state index contributed by atoms with van der Waals surface area (Å²) in [6, 6.07) is 17.9. The number of halogens is 1. The Balaban J connectivity index is 1.88. The van der Waals surface area contributed by atoms with Crippen molar-refractivity contribution in [3.8, 4) is 5.75 Å². The molecule has 0 amide bonds. The molecule has 0 aliphatic rings. The lowest BCUT2D eigenvalue weighted by Crippen LogP contribution is -2.00. The number of aryl methyl sites for hydroxylation is 1. The Labute approximate surface area is 132 Å². The molecule has 0 saturated heterocycles. The fourth-order valence-electron chi connectivity index (χ4n) is 2.39. The number of hydrogen-bond acceptors (Lipinski definition) is 2. The number of hydrogen-bond donors (Lipinski definition) is 2. The highest BCUT2D eigenvalue weighted by Gasteiger charge is 2.04. The molecular weight excluding hydrogens is 326 g/mol. The van der Waals surface area contributed by atoms with Crippen LogP contribution in [0.15, 0.2) is 59.1 Å². The summed E-state index contributed by atoms with van der Waals surface area (Å²) in [6.45, 7) is 2.82. The first-order valence-electron chi connectivity index (χ1n) is 6.85. The predicted octanol–water partition coefficient (Wildman–Crippen LogP) is 5.23. The number of nitrogens with one attached hydrogen (secondary N) is 1. The summed E-state index contributed by atoms with van der Waals surface area (Å²) in [4.78, 5) is 0. The monoisotopic (exact) mass is 341 g/mol. The van der Waals surface area contributed by atoms with Crippen molar-refractivity contribution < 1.29 is 5.11 Å². The average molecular weight is 342 g/mol. The third-order valence-corrected chi connectivity index (χ3v) is 4.47. The molecule has 0 aliphatic heterocycles. The van der Waals surface area contributed by atoms with Crippen LogP contribution in [0.4, 0.5) is 5.69 Å². The zero-order chi connectivity index (χ0) is 14.8. The minimum absolute atomic E-state index is 0.314. The number of phenolic OH excluding ortho intramolecular Hbond substituents is 1. The van der Waals surface area contributed by atoms with Gasteiger partial charge in [0.1, 0.15) is 5.75 Å². The van der Waals surface area contributed by atoms with Crippen molar-refractivity contribution in [2.75, 3.05) is 5.32 Å². The van der Waals surface area contributed by atoms with Gasteiger partial charge in [-0.3, -0.25) is 0 Å². The second-order valence-electron chi connectivity index (χ2n) is 5.11. The van der Waals surface area contributed by atoms with Gasteiger partial charge in [0, 0.05) is 27.5 Å². The molecule has 0 aliphatic carbocycles. The molecule has 21 heavy (non-hydrogen) atoms. The maximum Gasteiger partial charge on any atom is 0.123 e. The third kappa shape index (κ3) is 2.88. The number of phenols is 1. The van der Waals surface area contributed by atoms with Gasteiger partial charge in [0.25, 0.3) is 0 Å². The highest BCUT2D eigenvalue weighted by Crippen LogP contribution is 2.30. The summed E-state index contributed by atoms with van der Waals surface area (Å²) in [5.74, 6) is 0.314. The fraction of sp³-hybridized carbons (Fsp3) is 0.111. The van der Waals surface area contributed by atoms with Gasteiger partial charge in [-0.2, -0.15) is 0 Å². The van der Waals surface area contributed by atoms with E-state index in [0.29, 0.717) is 5.75 Å². The number of anilines is 1. The van der Waals surface area contributed by atoms with Gasteiger partial charge in [-0.05, 0) is 36.2 Å².